The Kier molecular flexibility index (Phi) is 6.96. The second-order valence-electron chi connectivity index (χ2n) is 5.19. The summed E-state index contributed by atoms with van der Waals surface area (Å²) in [4.78, 5) is 30.1. The van der Waals surface area contributed by atoms with Gasteiger partial charge in [0.1, 0.15) is 11.4 Å². The highest BCUT2D eigenvalue weighted by Crippen LogP contribution is 2.02. The summed E-state index contributed by atoms with van der Waals surface area (Å²) in [6.45, 7) is 6.94. The lowest BCUT2D eigenvalue weighted by atomic mass is 10.2. The van der Waals surface area contributed by atoms with Gasteiger partial charge in [0.2, 0.25) is 0 Å². The third-order valence-electron chi connectivity index (χ3n) is 3.51. The van der Waals surface area contributed by atoms with Crippen LogP contribution in [0.3, 0.4) is 0 Å². The zero-order valence-electron chi connectivity index (χ0n) is 13.4. The van der Waals surface area contributed by atoms with Gasteiger partial charge in [-0.25, -0.2) is 9.78 Å². The lowest BCUT2D eigenvalue weighted by Gasteiger charge is -2.26. The van der Waals surface area contributed by atoms with E-state index in [1.54, 1.807) is 19.1 Å². The van der Waals surface area contributed by atoms with Gasteiger partial charge in [-0.15, -0.1) is 0 Å². The zero-order chi connectivity index (χ0) is 16.5. The maximum atomic E-state index is 12.1. The Morgan fingerprint density at radius 2 is 2.04 bits per heavy atom. The fourth-order valence-electron chi connectivity index (χ4n) is 2.30. The summed E-state index contributed by atoms with van der Waals surface area (Å²) in [6.07, 6.45) is 0.864. The normalized spacial score (nSPS) is 15.2. The van der Waals surface area contributed by atoms with Crippen LogP contribution >= 0.6 is 0 Å². The predicted molar refractivity (Wildman–Crippen MR) is 84.4 cm³/mol. The van der Waals surface area contributed by atoms with Crippen molar-refractivity contribution in [2.75, 3.05) is 46.0 Å². The van der Waals surface area contributed by atoms with E-state index in [2.05, 4.69) is 15.2 Å². The number of aromatic nitrogens is 1. The summed E-state index contributed by atoms with van der Waals surface area (Å²) in [5.74, 6) is -0.799. The number of carbonyl (C=O) groups excluding carboxylic acids is 2. The van der Waals surface area contributed by atoms with Crippen LogP contribution in [0.1, 0.15) is 34.3 Å². The molecule has 2 heterocycles. The summed E-state index contributed by atoms with van der Waals surface area (Å²) in [6, 6.07) is 4.75. The number of amides is 1. The second-order valence-corrected chi connectivity index (χ2v) is 5.19. The van der Waals surface area contributed by atoms with Gasteiger partial charge in [0.05, 0.1) is 19.8 Å². The van der Waals surface area contributed by atoms with Crippen molar-refractivity contribution in [3.05, 3.63) is 29.6 Å². The molecule has 0 radical (unpaired) electrons. The smallest absolute Gasteiger partial charge is 0.356 e. The van der Waals surface area contributed by atoms with Crippen LogP contribution in [0.2, 0.25) is 0 Å². The molecule has 1 saturated heterocycles. The van der Waals surface area contributed by atoms with Gasteiger partial charge >= 0.3 is 5.97 Å². The molecule has 1 fully saturated rings. The Labute approximate surface area is 136 Å². The average Bonchev–Trinajstić information content (AvgIpc) is 2.60. The second kappa shape index (κ2) is 9.22. The molecule has 0 spiro atoms. The van der Waals surface area contributed by atoms with Gasteiger partial charge in [0.25, 0.3) is 5.91 Å². The van der Waals surface area contributed by atoms with Crippen LogP contribution in [0.15, 0.2) is 18.2 Å². The fraction of sp³-hybridized carbons (Fsp3) is 0.562. The van der Waals surface area contributed by atoms with E-state index in [1.807, 2.05) is 0 Å². The highest BCUT2D eigenvalue weighted by Gasteiger charge is 2.13. The highest BCUT2D eigenvalue weighted by molar-refractivity contribution is 5.94. The number of ether oxygens (including phenoxy) is 2. The molecule has 1 aromatic heterocycles. The monoisotopic (exact) mass is 321 g/mol. The Balaban J connectivity index is 1.76. The van der Waals surface area contributed by atoms with E-state index in [4.69, 9.17) is 9.47 Å². The van der Waals surface area contributed by atoms with Crippen molar-refractivity contribution in [3.8, 4) is 0 Å². The third kappa shape index (κ3) is 5.61. The van der Waals surface area contributed by atoms with E-state index < -0.39 is 5.97 Å². The quantitative estimate of drug-likeness (QED) is 0.588. The molecule has 0 bridgehead atoms. The van der Waals surface area contributed by atoms with Crippen molar-refractivity contribution in [2.24, 2.45) is 0 Å². The van der Waals surface area contributed by atoms with Crippen LogP contribution < -0.4 is 5.32 Å². The molecule has 1 aromatic rings. The van der Waals surface area contributed by atoms with Crippen molar-refractivity contribution >= 4 is 11.9 Å². The first-order chi connectivity index (χ1) is 11.2. The molecule has 0 saturated carbocycles. The van der Waals surface area contributed by atoms with E-state index in [9.17, 15) is 9.59 Å². The van der Waals surface area contributed by atoms with Gasteiger partial charge in [-0.3, -0.25) is 9.69 Å². The predicted octanol–water partition coefficient (Wildman–Crippen LogP) is 0.710. The largest absolute Gasteiger partial charge is 0.461 e. The number of hydrogen-bond donors (Lipinski definition) is 1. The summed E-state index contributed by atoms with van der Waals surface area (Å²) in [5, 5.41) is 2.83. The van der Waals surface area contributed by atoms with Gasteiger partial charge in [-0.1, -0.05) is 6.07 Å². The lowest BCUT2D eigenvalue weighted by molar-refractivity contribution is 0.0374. The van der Waals surface area contributed by atoms with Crippen LogP contribution in [0.25, 0.3) is 0 Å². The molecule has 126 valence electrons. The topological polar surface area (TPSA) is 80.8 Å². The van der Waals surface area contributed by atoms with Crippen LogP contribution in [0.4, 0.5) is 0 Å². The molecular weight excluding hydrogens is 298 g/mol. The van der Waals surface area contributed by atoms with Gasteiger partial charge in [-0.2, -0.15) is 0 Å². The molecule has 0 aromatic carbocycles. The van der Waals surface area contributed by atoms with E-state index in [0.29, 0.717) is 6.54 Å². The van der Waals surface area contributed by atoms with E-state index in [0.717, 1.165) is 39.3 Å². The summed E-state index contributed by atoms with van der Waals surface area (Å²) >= 11 is 0. The number of carbonyl (C=O) groups is 2. The lowest BCUT2D eigenvalue weighted by Crippen LogP contribution is -2.38. The van der Waals surface area contributed by atoms with Crippen molar-refractivity contribution in [2.45, 2.75) is 13.3 Å². The number of nitrogens with one attached hydrogen (secondary N) is 1. The molecule has 0 aliphatic carbocycles. The summed E-state index contributed by atoms with van der Waals surface area (Å²) < 4.78 is 10.2. The minimum absolute atomic E-state index is 0.146. The Morgan fingerprint density at radius 1 is 1.30 bits per heavy atom. The standard InChI is InChI=1S/C16H23N3O4/c1-2-23-16(21)14-6-3-5-13(18-14)15(20)17-7-4-8-19-9-11-22-12-10-19/h3,5-6H,2,4,7-12H2,1H3,(H,17,20). The number of morpholine rings is 1. The van der Waals surface area contributed by atoms with Gasteiger partial charge in [-0.05, 0) is 32.0 Å². The molecule has 2 rings (SSSR count). The number of rotatable bonds is 7. The number of nitrogens with zero attached hydrogens (tertiary/aromatic N) is 2. The van der Waals surface area contributed by atoms with E-state index in [-0.39, 0.29) is 23.9 Å². The number of pyridine rings is 1. The molecule has 1 amide bonds. The minimum Gasteiger partial charge on any atom is -0.461 e. The zero-order valence-corrected chi connectivity index (χ0v) is 13.4. The minimum atomic E-state index is -0.519. The van der Waals surface area contributed by atoms with Crippen molar-refractivity contribution in [3.63, 3.8) is 0 Å². The molecule has 0 unspecified atom stereocenters. The molecule has 1 N–H and O–H groups in total. The molecule has 23 heavy (non-hydrogen) atoms. The van der Waals surface area contributed by atoms with Crippen LogP contribution in [-0.2, 0) is 9.47 Å². The van der Waals surface area contributed by atoms with Gasteiger partial charge < -0.3 is 14.8 Å². The van der Waals surface area contributed by atoms with Crippen LogP contribution in [0, 0.1) is 0 Å². The van der Waals surface area contributed by atoms with Crippen LogP contribution in [0.5, 0.6) is 0 Å². The van der Waals surface area contributed by atoms with Crippen molar-refractivity contribution in [1.29, 1.82) is 0 Å². The molecule has 7 nitrogen and oxygen atoms in total. The van der Waals surface area contributed by atoms with Gasteiger partial charge in [0.15, 0.2) is 0 Å². The van der Waals surface area contributed by atoms with E-state index >= 15 is 0 Å². The summed E-state index contributed by atoms with van der Waals surface area (Å²) in [5.41, 5.74) is 0.370. The third-order valence-corrected chi connectivity index (χ3v) is 3.51. The van der Waals surface area contributed by atoms with Gasteiger partial charge in [0, 0.05) is 19.6 Å². The molecule has 7 heteroatoms. The highest BCUT2D eigenvalue weighted by atomic mass is 16.5. The maximum absolute atomic E-state index is 12.1. The summed E-state index contributed by atoms with van der Waals surface area (Å²) in [7, 11) is 0. The first-order valence-electron chi connectivity index (χ1n) is 7.93. The Hall–Kier alpha value is -1.99. The SMILES string of the molecule is CCOC(=O)c1cccc(C(=O)NCCCN2CCOCC2)n1. The molecule has 0 atom stereocenters. The molecule has 1 aliphatic rings. The Morgan fingerprint density at radius 3 is 2.78 bits per heavy atom. The fourth-order valence-corrected chi connectivity index (χ4v) is 2.30. The van der Waals surface area contributed by atoms with Crippen LogP contribution in [-0.4, -0.2) is 67.8 Å². The average molecular weight is 321 g/mol. The number of hydrogen-bond acceptors (Lipinski definition) is 6. The van der Waals surface area contributed by atoms with Crippen molar-refractivity contribution in [1.82, 2.24) is 15.2 Å². The maximum Gasteiger partial charge on any atom is 0.356 e. The first kappa shape index (κ1) is 17.4. The van der Waals surface area contributed by atoms with E-state index in [1.165, 1.54) is 6.07 Å². The molecule has 1 aliphatic heterocycles. The van der Waals surface area contributed by atoms with Crippen molar-refractivity contribution < 1.29 is 19.1 Å². The Bertz CT molecular complexity index is 530. The number of esters is 1. The molecular formula is C16H23N3O4. The first-order valence-corrected chi connectivity index (χ1v) is 7.93.